The Morgan fingerprint density at radius 2 is 1.47 bits per heavy atom. The molecule has 0 aliphatic heterocycles. The van der Waals surface area contributed by atoms with Gasteiger partial charge in [0.05, 0.1) is 9.80 Å². The Hall–Kier alpha value is -1.87. The first-order valence-corrected chi connectivity index (χ1v) is 7.75. The predicted octanol–water partition coefficient (Wildman–Crippen LogP) is 3.45. The molecule has 2 nitrogen and oxygen atoms in total. The van der Waals surface area contributed by atoms with E-state index in [1.165, 1.54) is 5.56 Å². The van der Waals surface area contributed by atoms with Crippen molar-refractivity contribution in [2.45, 2.75) is 17.7 Å². The topological polar surface area (TPSA) is 34.1 Å². The lowest BCUT2D eigenvalue weighted by molar-refractivity contribution is 0.600. The van der Waals surface area contributed by atoms with E-state index < -0.39 is 9.84 Å². The smallest absolute Gasteiger partial charge is 0.202 e. The summed E-state index contributed by atoms with van der Waals surface area (Å²) in [5.41, 5.74) is 2.23. The molecule has 0 N–H and O–H groups in total. The summed E-state index contributed by atoms with van der Waals surface area (Å²) in [4.78, 5) is 0.887. The summed E-state index contributed by atoms with van der Waals surface area (Å²) >= 11 is 0. The number of fused-ring (bicyclic) bond motifs is 1. The van der Waals surface area contributed by atoms with Crippen molar-refractivity contribution in [3.8, 4) is 0 Å². The van der Waals surface area contributed by atoms with E-state index in [0.29, 0.717) is 16.2 Å². The summed E-state index contributed by atoms with van der Waals surface area (Å²) in [7, 11) is -3.34. The van der Waals surface area contributed by atoms with Gasteiger partial charge in [0.15, 0.2) is 0 Å². The Bertz CT molecular complexity index is 728. The first kappa shape index (κ1) is 12.2. The molecule has 0 radical (unpaired) electrons. The van der Waals surface area contributed by atoms with Gasteiger partial charge in [0, 0.05) is 0 Å². The van der Waals surface area contributed by atoms with Crippen molar-refractivity contribution in [3.05, 3.63) is 70.6 Å². The average Bonchev–Trinajstić information content (AvgIpc) is 2.47. The molecule has 3 rings (SSSR count). The minimum absolute atomic E-state index is 0.376. The third-order valence-corrected chi connectivity index (χ3v) is 5.32. The van der Waals surface area contributed by atoms with Crippen LogP contribution >= 0.6 is 0 Å². The maximum atomic E-state index is 12.5. The Morgan fingerprint density at radius 3 is 2.26 bits per heavy atom. The Kier molecular flexibility index (Phi) is 2.99. The standard InChI is InChI=1S/C16H14O2S/c17-19(18,15-8-2-1-3-9-15)16-11-10-13-6-4-5-7-14(13)12-16/h1-9,12H,10-11H2. The molecule has 0 aromatic heterocycles. The lowest BCUT2D eigenvalue weighted by Crippen LogP contribution is -2.09. The zero-order valence-corrected chi connectivity index (χ0v) is 11.2. The predicted molar refractivity (Wildman–Crippen MR) is 76.4 cm³/mol. The van der Waals surface area contributed by atoms with Gasteiger partial charge in [-0.25, -0.2) is 8.42 Å². The molecule has 0 spiro atoms. The molecule has 0 bridgehead atoms. The molecule has 2 aromatic carbocycles. The minimum Gasteiger partial charge on any atom is -0.219 e. The van der Waals surface area contributed by atoms with Crippen LogP contribution in [0.15, 0.2) is 64.4 Å². The lowest BCUT2D eigenvalue weighted by Gasteiger charge is -2.16. The molecule has 0 atom stereocenters. The summed E-state index contributed by atoms with van der Waals surface area (Å²) in [6, 6.07) is 16.6. The fraction of sp³-hybridized carbons (Fsp3) is 0.125. The number of rotatable bonds is 2. The molecule has 0 heterocycles. The zero-order valence-electron chi connectivity index (χ0n) is 10.4. The molecule has 96 valence electrons. The van der Waals surface area contributed by atoms with E-state index in [1.807, 2.05) is 24.3 Å². The van der Waals surface area contributed by atoms with Crippen molar-refractivity contribution in [2.24, 2.45) is 0 Å². The summed E-state index contributed by atoms with van der Waals surface area (Å²) in [5, 5.41) is 0. The molecule has 0 fully saturated rings. The van der Waals surface area contributed by atoms with E-state index in [4.69, 9.17) is 0 Å². The summed E-state index contributed by atoms with van der Waals surface area (Å²) in [6.07, 6.45) is 3.17. The van der Waals surface area contributed by atoms with Crippen molar-refractivity contribution < 1.29 is 8.42 Å². The number of allylic oxidation sites excluding steroid dienone is 1. The van der Waals surface area contributed by atoms with Gasteiger partial charge < -0.3 is 0 Å². The third-order valence-electron chi connectivity index (χ3n) is 3.41. The van der Waals surface area contributed by atoms with Gasteiger partial charge in [0.1, 0.15) is 0 Å². The SMILES string of the molecule is O=S(=O)(C1=Cc2ccccc2CC1)c1ccccc1. The third kappa shape index (κ3) is 2.22. The van der Waals surface area contributed by atoms with Crippen LogP contribution in [0.5, 0.6) is 0 Å². The number of benzene rings is 2. The minimum atomic E-state index is -3.34. The second-order valence-electron chi connectivity index (χ2n) is 4.63. The molecule has 3 heteroatoms. The maximum absolute atomic E-state index is 12.5. The van der Waals surface area contributed by atoms with E-state index >= 15 is 0 Å². The van der Waals surface area contributed by atoms with Crippen molar-refractivity contribution in [3.63, 3.8) is 0 Å². The van der Waals surface area contributed by atoms with Crippen LogP contribution in [-0.2, 0) is 16.3 Å². The van der Waals surface area contributed by atoms with Gasteiger partial charge in [0.2, 0.25) is 9.84 Å². The molecule has 0 saturated carbocycles. The van der Waals surface area contributed by atoms with Gasteiger partial charge in [-0.1, -0.05) is 42.5 Å². The van der Waals surface area contributed by atoms with E-state index in [-0.39, 0.29) is 0 Å². The monoisotopic (exact) mass is 270 g/mol. The molecule has 1 aliphatic rings. The van der Waals surface area contributed by atoms with Gasteiger partial charge in [-0.15, -0.1) is 0 Å². The molecule has 1 aliphatic carbocycles. The molecule has 0 unspecified atom stereocenters. The van der Waals surface area contributed by atoms with Gasteiger partial charge in [-0.2, -0.15) is 0 Å². The Balaban J connectivity index is 2.08. The zero-order chi connectivity index (χ0) is 13.3. The van der Waals surface area contributed by atoms with Crippen LogP contribution in [0.25, 0.3) is 6.08 Å². The normalized spacial score (nSPS) is 14.6. The van der Waals surface area contributed by atoms with Crippen LogP contribution in [0.2, 0.25) is 0 Å². The van der Waals surface area contributed by atoms with Crippen LogP contribution < -0.4 is 0 Å². The average molecular weight is 270 g/mol. The summed E-state index contributed by atoms with van der Waals surface area (Å²) in [6.45, 7) is 0. The van der Waals surface area contributed by atoms with Gasteiger partial charge in [-0.05, 0) is 42.2 Å². The fourth-order valence-corrected chi connectivity index (χ4v) is 3.84. The first-order valence-electron chi connectivity index (χ1n) is 6.26. The largest absolute Gasteiger partial charge is 0.219 e. The van der Waals surface area contributed by atoms with Crippen LogP contribution in [-0.4, -0.2) is 8.42 Å². The molecule has 0 amide bonds. The van der Waals surface area contributed by atoms with Gasteiger partial charge in [0.25, 0.3) is 0 Å². The quantitative estimate of drug-likeness (QED) is 0.837. The highest BCUT2D eigenvalue weighted by atomic mass is 32.2. The molecule has 2 aromatic rings. The molecular formula is C16H14O2S. The van der Waals surface area contributed by atoms with Crippen LogP contribution in [0.1, 0.15) is 17.5 Å². The van der Waals surface area contributed by atoms with E-state index in [2.05, 4.69) is 6.07 Å². The highest BCUT2D eigenvalue weighted by molar-refractivity contribution is 7.95. The van der Waals surface area contributed by atoms with E-state index in [0.717, 1.165) is 12.0 Å². The summed E-state index contributed by atoms with van der Waals surface area (Å²) < 4.78 is 25.1. The van der Waals surface area contributed by atoms with Crippen molar-refractivity contribution >= 4 is 15.9 Å². The van der Waals surface area contributed by atoms with Crippen LogP contribution in [0.3, 0.4) is 0 Å². The van der Waals surface area contributed by atoms with Crippen LogP contribution in [0.4, 0.5) is 0 Å². The number of aryl methyl sites for hydroxylation is 1. The van der Waals surface area contributed by atoms with Gasteiger partial charge in [-0.3, -0.25) is 0 Å². The number of hydrogen-bond donors (Lipinski definition) is 0. The molecule has 19 heavy (non-hydrogen) atoms. The highest BCUT2D eigenvalue weighted by Gasteiger charge is 2.23. The lowest BCUT2D eigenvalue weighted by atomic mass is 9.98. The van der Waals surface area contributed by atoms with Crippen molar-refractivity contribution in [2.75, 3.05) is 0 Å². The number of hydrogen-bond acceptors (Lipinski definition) is 2. The maximum Gasteiger partial charge on any atom is 0.202 e. The van der Waals surface area contributed by atoms with Gasteiger partial charge >= 0.3 is 0 Å². The number of sulfone groups is 1. The van der Waals surface area contributed by atoms with E-state index in [1.54, 1.807) is 30.3 Å². The van der Waals surface area contributed by atoms with Crippen molar-refractivity contribution in [1.82, 2.24) is 0 Å². The second kappa shape index (κ2) is 4.67. The van der Waals surface area contributed by atoms with E-state index in [9.17, 15) is 8.42 Å². The molecular weight excluding hydrogens is 256 g/mol. The van der Waals surface area contributed by atoms with Crippen LogP contribution in [0, 0.1) is 0 Å². The molecule has 0 saturated heterocycles. The Labute approximate surface area is 113 Å². The second-order valence-corrected chi connectivity index (χ2v) is 6.63. The fourth-order valence-electron chi connectivity index (χ4n) is 2.37. The first-order chi connectivity index (χ1) is 9.18. The summed E-state index contributed by atoms with van der Waals surface area (Å²) in [5.74, 6) is 0. The highest BCUT2D eigenvalue weighted by Crippen LogP contribution is 2.30. The van der Waals surface area contributed by atoms with Crippen molar-refractivity contribution in [1.29, 1.82) is 0 Å². The Morgan fingerprint density at radius 1 is 0.789 bits per heavy atom.